The molecule has 0 saturated carbocycles. The van der Waals surface area contributed by atoms with E-state index in [2.05, 4.69) is 36.2 Å². The molecule has 2 nitrogen and oxygen atoms in total. The van der Waals surface area contributed by atoms with Crippen LogP contribution in [0.5, 0.6) is 0 Å². The van der Waals surface area contributed by atoms with Crippen molar-refractivity contribution in [1.29, 1.82) is 0 Å². The third kappa shape index (κ3) is 3.04. The summed E-state index contributed by atoms with van der Waals surface area (Å²) in [6.07, 6.45) is 8.23. The number of nitrogens with zero attached hydrogens (tertiary/aromatic N) is 1. The predicted octanol–water partition coefficient (Wildman–Crippen LogP) is 3.29. The van der Waals surface area contributed by atoms with Crippen molar-refractivity contribution >= 4 is 10.8 Å². The van der Waals surface area contributed by atoms with Gasteiger partial charge < -0.3 is 5.73 Å². The van der Waals surface area contributed by atoms with Crippen LogP contribution in [-0.2, 0) is 6.42 Å². The van der Waals surface area contributed by atoms with Gasteiger partial charge in [-0.1, -0.05) is 37.6 Å². The van der Waals surface area contributed by atoms with Gasteiger partial charge in [0.05, 0.1) is 0 Å². The van der Waals surface area contributed by atoms with Crippen molar-refractivity contribution in [3.8, 4) is 0 Å². The molecule has 1 heterocycles. The molecule has 2 N–H and O–H groups in total. The Morgan fingerprint density at radius 3 is 2.82 bits per heavy atom. The third-order valence-corrected chi connectivity index (χ3v) is 3.19. The van der Waals surface area contributed by atoms with Crippen molar-refractivity contribution < 1.29 is 0 Å². The second-order valence-electron chi connectivity index (χ2n) is 4.61. The molecule has 0 aliphatic rings. The molecule has 2 aromatic rings. The van der Waals surface area contributed by atoms with Gasteiger partial charge in [-0.05, 0) is 30.2 Å². The van der Waals surface area contributed by atoms with Crippen molar-refractivity contribution in [3.63, 3.8) is 0 Å². The fraction of sp³-hybridized carbons (Fsp3) is 0.400. The van der Waals surface area contributed by atoms with Gasteiger partial charge in [-0.2, -0.15) is 0 Å². The van der Waals surface area contributed by atoms with Gasteiger partial charge in [0, 0.05) is 23.8 Å². The molecule has 0 spiro atoms. The van der Waals surface area contributed by atoms with Crippen molar-refractivity contribution in [3.05, 3.63) is 42.2 Å². The van der Waals surface area contributed by atoms with Gasteiger partial charge in [0.1, 0.15) is 0 Å². The Balaban J connectivity index is 2.13. The minimum atomic E-state index is 0.318. The summed E-state index contributed by atoms with van der Waals surface area (Å²) in [5.74, 6) is 0. The first kappa shape index (κ1) is 12.1. The van der Waals surface area contributed by atoms with Crippen LogP contribution in [0.3, 0.4) is 0 Å². The lowest BCUT2D eigenvalue weighted by Crippen LogP contribution is -2.20. The lowest BCUT2D eigenvalue weighted by molar-refractivity contribution is 0.561. The fourth-order valence-corrected chi connectivity index (χ4v) is 2.23. The van der Waals surface area contributed by atoms with E-state index in [1.54, 1.807) is 0 Å². The number of pyridine rings is 1. The van der Waals surface area contributed by atoms with Crippen LogP contribution in [0.2, 0.25) is 0 Å². The summed E-state index contributed by atoms with van der Waals surface area (Å²) >= 11 is 0. The summed E-state index contributed by atoms with van der Waals surface area (Å²) in [5, 5.41) is 2.53. The molecule has 1 aromatic heterocycles. The summed E-state index contributed by atoms with van der Waals surface area (Å²) in [4.78, 5) is 4.30. The van der Waals surface area contributed by atoms with E-state index in [1.165, 1.54) is 16.3 Å². The summed E-state index contributed by atoms with van der Waals surface area (Å²) in [6, 6.07) is 8.73. The molecule has 2 heteroatoms. The summed E-state index contributed by atoms with van der Waals surface area (Å²) in [6.45, 7) is 2.18. The Morgan fingerprint density at radius 1 is 1.18 bits per heavy atom. The van der Waals surface area contributed by atoms with E-state index in [0.717, 1.165) is 25.7 Å². The van der Waals surface area contributed by atoms with Crippen molar-refractivity contribution in [2.75, 3.05) is 0 Å². The van der Waals surface area contributed by atoms with Crippen LogP contribution in [0.15, 0.2) is 36.7 Å². The molecular formula is C15H20N2. The first-order valence-corrected chi connectivity index (χ1v) is 6.38. The van der Waals surface area contributed by atoms with Gasteiger partial charge in [0.25, 0.3) is 0 Å². The highest BCUT2D eigenvalue weighted by atomic mass is 14.6. The highest BCUT2D eigenvalue weighted by Crippen LogP contribution is 2.18. The summed E-state index contributed by atoms with van der Waals surface area (Å²) in [7, 11) is 0. The fourth-order valence-electron chi connectivity index (χ4n) is 2.23. The maximum Gasteiger partial charge on any atom is 0.0346 e. The first-order chi connectivity index (χ1) is 8.31. The van der Waals surface area contributed by atoms with Crippen molar-refractivity contribution in [1.82, 2.24) is 4.98 Å². The third-order valence-electron chi connectivity index (χ3n) is 3.19. The number of rotatable bonds is 5. The average molecular weight is 228 g/mol. The van der Waals surface area contributed by atoms with Crippen LogP contribution in [0, 0.1) is 0 Å². The largest absolute Gasteiger partial charge is 0.328 e. The molecule has 2 rings (SSSR count). The quantitative estimate of drug-likeness (QED) is 0.852. The van der Waals surface area contributed by atoms with Crippen LogP contribution >= 0.6 is 0 Å². The van der Waals surface area contributed by atoms with E-state index in [-0.39, 0.29) is 0 Å². The smallest absolute Gasteiger partial charge is 0.0346 e. The standard InChI is InChI=1S/C15H20N2/c1-2-5-14(16)9-8-13-11-17-10-12-6-3-4-7-15(12)13/h3-4,6-7,10-11,14H,2,5,8-9,16H2,1H3. The minimum Gasteiger partial charge on any atom is -0.328 e. The molecule has 1 atom stereocenters. The Bertz CT molecular complexity index is 474. The normalized spacial score (nSPS) is 12.8. The lowest BCUT2D eigenvalue weighted by atomic mass is 10.00. The number of hydrogen-bond donors (Lipinski definition) is 1. The van der Waals surface area contributed by atoms with Crippen LogP contribution in [0.25, 0.3) is 10.8 Å². The molecule has 0 aliphatic carbocycles. The van der Waals surface area contributed by atoms with Gasteiger partial charge in [0.15, 0.2) is 0 Å². The Hall–Kier alpha value is -1.41. The molecule has 0 saturated heterocycles. The first-order valence-electron chi connectivity index (χ1n) is 6.38. The molecule has 1 aromatic carbocycles. The maximum absolute atomic E-state index is 6.06. The van der Waals surface area contributed by atoms with Gasteiger partial charge in [-0.25, -0.2) is 0 Å². The van der Waals surface area contributed by atoms with E-state index in [4.69, 9.17) is 5.73 Å². The highest BCUT2D eigenvalue weighted by molar-refractivity contribution is 5.84. The zero-order valence-electron chi connectivity index (χ0n) is 10.4. The molecule has 0 aliphatic heterocycles. The zero-order chi connectivity index (χ0) is 12.1. The van der Waals surface area contributed by atoms with Gasteiger partial charge in [-0.15, -0.1) is 0 Å². The minimum absolute atomic E-state index is 0.318. The highest BCUT2D eigenvalue weighted by Gasteiger charge is 2.05. The van der Waals surface area contributed by atoms with Gasteiger partial charge >= 0.3 is 0 Å². The summed E-state index contributed by atoms with van der Waals surface area (Å²) < 4.78 is 0. The molecule has 0 amide bonds. The second-order valence-corrected chi connectivity index (χ2v) is 4.61. The number of fused-ring (bicyclic) bond motifs is 1. The SMILES string of the molecule is CCCC(N)CCc1cncc2ccccc12. The van der Waals surface area contributed by atoms with E-state index in [9.17, 15) is 0 Å². The number of benzene rings is 1. The lowest BCUT2D eigenvalue weighted by Gasteiger charge is -2.11. The molecule has 17 heavy (non-hydrogen) atoms. The van der Waals surface area contributed by atoms with E-state index < -0.39 is 0 Å². The molecule has 0 radical (unpaired) electrons. The molecule has 0 bridgehead atoms. The van der Waals surface area contributed by atoms with Crippen LogP contribution in [-0.4, -0.2) is 11.0 Å². The monoisotopic (exact) mass is 228 g/mol. The zero-order valence-corrected chi connectivity index (χ0v) is 10.4. The molecule has 1 unspecified atom stereocenters. The Labute approximate surface area is 103 Å². The predicted molar refractivity (Wildman–Crippen MR) is 72.9 cm³/mol. The number of nitrogens with two attached hydrogens (primary N) is 1. The summed E-state index contributed by atoms with van der Waals surface area (Å²) in [5.41, 5.74) is 7.37. The van der Waals surface area contributed by atoms with Gasteiger partial charge in [0.2, 0.25) is 0 Å². The number of aryl methyl sites for hydroxylation is 1. The Morgan fingerprint density at radius 2 is 2.00 bits per heavy atom. The molecular weight excluding hydrogens is 208 g/mol. The average Bonchev–Trinajstić information content (AvgIpc) is 2.36. The number of hydrogen-bond acceptors (Lipinski definition) is 2. The van der Waals surface area contributed by atoms with E-state index in [0.29, 0.717) is 6.04 Å². The number of aromatic nitrogens is 1. The van der Waals surface area contributed by atoms with E-state index >= 15 is 0 Å². The van der Waals surface area contributed by atoms with Crippen LogP contribution in [0.4, 0.5) is 0 Å². The molecule has 90 valence electrons. The topological polar surface area (TPSA) is 38.9 Å². The van der Waals surface area contributed by atoms with Crippen LogP contribution in [0.1, 0.15) is 31.7 Å². The Kier molecular flexibility index (Phi) is 4.10. The van der Waals surface area contributed by atoms with Crippen molar-refractivity contribution in [2.45, 2.75) is 38.6 Å². The van der Waals surface area contributed by atoms with Crippen molar-refractivity contribution in [2.24, 2.45) is 5.73 Å². The van der Waals surface area contributed by atoms with Gasteiger partial charge in [-0.3, -0.25) is 4.98 Å². The second kappa shape index (κ2) is 5.78. The van der Waals surface area contributed by atoms with Crippen LogP contribution < -0.4 is 5.73 Å². The molecule has 0 fully saturated rings. The maximum atomic E-state index is 6.06. The van der Waals surface area contributed by atoms with E-state index in [1.807, 2.05) is 12.4 Å².